The molecule has 0 aliphatic carbocycles. The van der Waals surface area contributed by atoms with Crippen LogP contribution in [0, 0.1) is 14.0 Å². The Labute approximate surface area is 139 Å². The largest absolute Gasteiger partial charge is 1.00 e. The summed E-state index contributed by atoms with van der Waals surface area (Å²) in [7, 11) is 2.01. The summed E-state index contributed by atoms with van der Waals surface area (Å²) in [6.45, 7) is 13.8. The molecule has 1 aliphatic heterocycles. The van der Waals surface area contributed by atoms with Crippen LogP contribution in [0.5, 0.6) is 0 Å². The summed E-state index contributed by atoms with van der Waals surface area (Å²) >= 11 is 0. The molecule has 86 valence electrons. The maximum Gasteiger partial charge on any atom is 1.00 e. The van der Waals surface area contributed by atoms with Gasteiger partial charge in [0.25, 0.3) is 0 Å². The normalized spacial score (nSPS) is 18.0. The van der Waals surface area contributed by atoms with Crippen molar-refractivity contribution >= 4 is 5.78 Å². The van der Waals surface area contributed by atoms with E-state index in [1.807, 2.05) is 20.9 Å². The van der Waals surface area contributed by atoms with E-state index in [2.05, 4.69) is 18.1 Å². The van der Waals surface area contributed by atoms with E-state index in [4.69, 9.17) is 0 Å². The van der Waals surface area contributed by atoms with Gasteiger partial charge in [0, 0.05) is 0 Å². The number of nitrogens with zero attached hydrogens (tertiary/aromatic N) is 1. The fraction of sp³-hybridized carbons (Fsp3) is 0.667. The summed E-state index contributed by atoms with van der Waals surface area (Å²) < 4.78 is 0. The monoisotopic (exact) mass is 238 g/mol. The van der Waals surface area contributed by atoms with Gasteiger partial charge in [-0.25, -0.2) is 0 Å². The standard InChI is InChI=1S/C7H13NO.C2H6.C2H3.CH3.K/c1-6(9)7-4-3-5-8(7)2;2*1-2;;/h7H,3-5H2,1-2H3;1-2H3;1H,2H2;1H3;/q;;2*-1;+1. The van der Waals surface area contributed by atoms with Crippen molar-refractivity contribution in [3.05, 3.63) is 20.6 Å². The number of likely N-dealkylation sites (N-methyl/N-ethyl adjacent to an activating group) is 1. The number of carbonyl (C=O) groups is 1. The Balaban J connectivity index is -0.0000000910. The zero-order valence-corrected chi connectivity index (χ0v) is 14.5. The van der Waals surface area contributed by atoms with Crippen LogP contribution >= 0.6 is 0 Å². The first-order valence-corrected chi connectivity index (χ1v) is 4.83. The third-order valence-electron chi connectivity index (χ3n) is 1.99. The second kappa shape index (κ2) is 17.4. The van der Waals surface area contributed by atoms with Gasteiger partial charge >= 0.3 is 51.4 Å². The van der Waals surface area contributed by atoms with Crippen molar-refractivity contribution in [3.63, 3.8) is 0 Å². The second-order valence-electron chi connectivity index (χ2n) is 2.75. The predicted octanol–water partition coefficient (Wildman–Crippen LogP) is -0.245. The molecule has 0 bridgehead atoms. The summed E-state index contributed by atoms with van der Waals surface area (Å²) in [5.74, 6) is 0.315. The van der Waals surface area contributed by atoms with Gasteiger partial charge in [-0.15, -0.1) is 0 Å². The van der Waals surface area contributed by atoms with Crippen LogP contribution in [0.4, 0.5) is 0 Å². The van der Waals surface area contributed by atoms with Crippen molar-refractivity contribution in [2.24, 2.45) is 0 Å². The van der Waals surface area contributed by atoms with Crippen LogP contribution in [0.3, 0.4) is 0 Å². The van der Waals surface area contributed by atoms with Crippen LogP contribution < -0.4 is 51.4 Å². The van der Waals surface area contributed by atoms with Crippen LogP contribution in [0.2, 0.25) is 0 Å². The molecule has 1 saturated heterocycles. The third-order valence-corrected chi connectivity index (χ3v) is 1.99. The fourth-order valence-corrected chi connectivity index (χ4v) is 1.42. The van der Waals surface area contributed by atoms with E-state index in [0.717, 1.165) is 13.0 Å². The zero-order chi connectivity index (χ0) is 10.9. The van der Waals surface area contributed by atoms with Crippen molar-refractivity contribution in [1.29, 1.82) is 0 Å². The molecule has 0 aromatic carbocycles. The van der Waals surface area contributed by atoms with E-state index in [9.17, 15) is 4.79 Å². The van der Waals surface area contributed by atoms with Gasteiger partial charge < -0.3 is 14.0 Å². The molecule has 1 fully saturated rings. The molecule has 2 nitrogen and oxygen atoms in total. The number of hydrogen-bond acceptors (Lipinski definition) is 2. The van der Waals surface area contributed by atoms with E-state index >= 15 is 0 Å². The predicted molar refractivity (Wildman–Crippen MR) is 64.0 cm³/mol. The van der Waals surface area contributed by atoms with Crippen molar-refractivity contribution in [2.45, 2.75) is 39.7 Å². The van der Waals surface area contributed by atoms with Crippen molar-refractivity contribution in [3.8, 4) is 0 Å². The molecule has 0 radical (unpaired) electrons. The Kier molecular flexibility index (Phi) is 29.0. The number of rotatable bonds is 1. The SMILES string of the molecule is CC.CC(=O)C1CCCN1C.[CH-]=C.[CH3-].[K+]. The Hall–Kier alpha value is 1.01. The molecule has 0 aromatic rings. The molecular weight excluding hydrogens is 213 g/mol. The number of carbonyl (C=O) groups excluding carboxylic acids is 1. The summed E-state index contributed by atoms with van der Waals surface area (Å²) in [6.07, 6.45) is 2.24. The zero-order valence-electron chi connectivity index (χ0n) is 11.3. The smallest absolute Gasteiger partial charge is 0.521 e. The Morgan fingerprint density at radius 3 is 1.93 bits per heavy atom. The molecule has 1 rings (SSSR count). The number of hydrogen-bond donors (Lipinski definition) is 0. The minimum atomic E-state index is 0. The van der Waals surface area contributed by atoms with E-state index in [-0.39, 0.29) is 64.9 Å². The first-order valence-electron chi connectivity index (χ1n) is 4.83. The molecule has 1 heterocycles. The van der Waals surface area contributed by atoms with E-state index in [1.54, 1.807) is 6.92 Å². The molecule has 0 saturated carbocycles. The Morgan fingerprint density at radius 2 is 1.80 bits per heavy atom. The second-order valence-corrected chi connectivity index (χ2v) is 2.75. The summed E-state index contributed by atoms with van der Waals surface area (Å²) in [5, 5.41) is 0. The molecule has 15 heavy (non-hydrogen) atoms. The molecular formula is C12H25KNO-. The quantitative estimate of drug-likeness (QED) is 0.464. The van der Waals surface area contributed by atoms with Crippen molar-refractivity contribution in [1.82, 2.24) is 4.90 Å². The van der Waals surface area contributed by atoms with Gasteiger partial charge in [-0.2, -0.15) is 0 Å². The molecule has 1 atom stereocenters. The fourth-order valence-electron chi connectivity index (χ4n) is 1.42. The van der Waals surface area contributed by atoms with Gasteiger partial charge in [0.05, 0.1) is 6.04 Å². The Bertz CT molecular complexity index is 140. The summed E-state index contributed by atoms with van der Waals surface area (Å²) in [6, 6.07) is 0.227. The van der Waals surface area contributed by atoms with Crippen molar-refractivity contribution in [2.75, 3.05) is 13.6 Å². The van der Waals surface area contributed by atoms with Gasteiger partial charge in [0.1, 0.15) is 5.78 Å². The number of ketones is 1. The third kappa shape index (κ3) is 11.3. The topological polar surface area (TPSA) is 20.3 Å². The van der Waals surface area contributed by atoms with Gasteiger partial charge in [-0.05, 0) is 33.4 Å². The van der Waals surface area contributed by atoms with Gasteiger partial charge in [0.15, 0.2) is 0 Å². The van der Waals surface area contributed by atoms with Gasteiger partial charge in [0.2, 0.25) is 0 Å². The van der Waals surface area contributed by atoms with Crippen molar-refractivity contribution < 1.29 is 56.2 Å². The van der Waals surface area contributed by atoms with E-state index < -0.39 is 0 Å². The molecule has 0 aromatic heterocycles. The van der Waals surface area contributed by atoms with E-state index in [1.165, 1.54) is 6.42 Å². The summed E-state index contributed by atoms with van der Waals surface area (Å²) in [5.41, 5.74) is 0. The molecule has 0 N–H and O–H groups in total. The van der Waals surface area contributed by atoms with Crippen LogP contribution in [0.15, 0.2) is 6.58 Å². The first-order chi connectivity index (χ1) is 6.22. The molecule has 1 unspecified atom stereocenters. The maximum absolute atomic E-state index is 10.8. The van der Waals surface area contributed by atoms with Crippen LogP contribution in [-0.2, 0) is 4.79 Å². The van der Waals surface area contributed by atoms with Gasteiger partial charge in [-0.3, -0.25) is 16.3 Å². The average molecular weight is 238 g/mol. The minimum Gasteiger partial charge on any atom is -0.521 e. The molecule has 0 spiro atoms. The summed E-state index contributed by atoms with van der Waals surface area (Å²) in [4.78, 5) is 12.9. The van der Waals surface area contributed by atoms with Crippen LogP contribution in [-0.4, -0.2) is 30.3 Å². The van der Waals surface area contributed by atoms with Crippen LogP contribution in [0.1, 0.15) is 33.6 Å². The Morgan fingerprint density at radius 1 is 1.40 bits per heavy atom. The minimum absolute atomic E-state index is 0. The molecule has 0 amide bonds. The van der Waals surface area contributed by atoms with Gasteiger partial charge in [-0.1, -0.05) is 13.8 Å². The first kappa shape index (κ1) is 25.0. The number of likely N-dealkylation sites (tertiary alicyclic amines) is 1. The van der Waals surface area contributed by atoms with E-state index in [0.29, 0.717) is 5.78 Å². The molecule has 3 heteroatoms. The number of Topliss-reactive ketones (excluding diaryl/α,β-unsaturated/α-hetero) is 1. The maximum atomic E-state index is 10.8. The molecule has 1 aliphatic rings. The average Bonchev–Trinajstić information content (AvgIpc) is 2.58. The van der Waals surface area contributed by atoms with Crippen LogP contribution in [0.25, 0.3) is 0 Å².